The van der Waals surface area contributed by atoms with E-state index < -0.39 is 8.25 Å². The van der Waals surface area contributed by atoms with Crippen molar-refractivity contribution in [3.05, 3.63) is 30.3 Å². The molecule has 0 heterocycles. The Labute approximate surface area is 84.5 Å². The average molecular weight is 248 g/mol. The fourth-order valence-corrected chi connectivity index (χ4v) is 0.874. The summed E-state index contributed by atoms with van der Waals surface area (Å²) in [4.78, 5) is 8.29. The first-order valence-corrected chi connectivity index (χ1v) is 3.81. The van der Waals surface area contributed by atoms with Crippen molar-refractivity contribution >= 4 is 8.25 Å². The summed E-state index contributed by atoms with van der Waals surface area (Å²) < 4.78 is 14.6. The summed E-state index contributed by atoms with van der Waals surface area (Å²) in [6, 6.07) is 8.49. The van der Waals surface area contributed by atoms with Crippen LogP contribution >= 0.6 is 8.25 Å². The number of para-hydroxylation sites is 1. The van der Waals surface area contributed by atoms with Gasteiger partial charge in [0.15, 0.2) is 5.75 Å². The predicted octanol–water partition coefficient (Wildman–Crippen LogP) is 1.71. The van der Waals surface area contributed by atoms with E-state index in [1.54, 1.807) is 30.3 Å². The van der Waals surface area contributed by atoms with Gasteiger partial charge in [0.05, 0.1) is 0 Å². The van der Waals surface area contributed by atoms with Gasteiger partial charge in [0, 0.05) is 30.8 Å². The molecule has 0 radical (unpaired) electrons. The fourth-order valence-electron chi connectivity index (χ4n) is 0.572. The molecule has 1 rings (SSSR count). The Morgan fingerprint density at radius 1 is 1.27 bits per heavy atom. The number of benzene rings is 1. The minimum atomic E-state index is -2.53. The normalized spacial score (nSPS) is 9.73. The van der Waals surface area contributed by atoms with Crippen LogP contribution in [-0.4, -0.2) is 4.89 Å². The second-order valence-corrected chi connectivity index (χ2v) is 2.30. The van der Waals surface area contributed by atoms with Crippen molar-refractivity contribution in [3.63, 3.8) is 0 Å². The largest absolute Gasteiger partial charge is 0.747 e. The van der Waals surface area contributed by atoms with E-state index in [4.69, 9.17) is 4.89 Å². The third-order valence-electron chi connectivity index (χ3n) is 0.927. The van der Waals surface area contributed by atoms with Crippen molar-refractivity contribution in [1.82, 2.24) is 0 Å². The minimum Gasteiger partial charge on any atom is -0.229 e. The van der Waals surface area contributed by atoms with Gasteiger partial charge < -0.3 is 0 Å². The van der Waals surface area contributed by atoms with Crippen LogP contribution in [-0.2, 0) is 30.8 Å². The molecule has 5 heteroatoms. The van der Waals surface area contributed by atoms with Crippen LogP contribution in [0.4, 0.5) is 0 Å². The van der Waals surface area contributed by atoms with E-state index in [2.05, 4.69) is 4.52 Å². The van der Waals surface area contributed by atoms with E-state index in [9.17, 15) is 4.57 Å². The zero-order chi connectivity index (χ0) is 7.40. The van der Waals surface area contributed by atoms with Gasteiger partial charge >= 0.3 is 8.25 Å². The van der Waals surface area contributed by atoms with Gasteiger partial charge in [0.1, 0.15) is 0 Å². The van der Waals surface area contributed by atoms with Crippen LogP contribution in [0, 0.1) is 0 Å². The standard InChI is InChI=1S/C6H5O3P.Zr/c7-10(8)9-6-4-2-1-3-5-6;/h1-5H;/p+1. The van der Waals surface area contributed by atoms with Crippen LogP contribution in [0.25, 0.3) is 0 Å². The summed E-state index contributed by atoms with van der Waals surface area (Å²) in [5, 5.41) is 0. The van der Waals surface area contributed by atoms with Gasteiger partial charge in [-0.3, -0.25) is 0 Å². The molecule has 0 aliphatic rings. The second-order valence-electron chi connectivity index (χ2n) is 1.64. The van der Waals surface area contributed by atoms with Gasteiger partial charge in [-0.15, -0.1) is 4.89 Å². The number of rotatable bonds is 2. The van der Waals surface area contributed by atoms with Crippen LogP contribution in [0.1, 0.15) is 0 Å². The zero-order valence-electron chi connectivity index (χ0n) is 5.60. The van der Waals surface area contributed by atoms with Crippen LogP contribution < -0.4 is 4.52 Å². The van der Waals surface area contributed by atoms with Gasteiger partial charge in [-0.25, -0.2) is 4.52 Å². The second kappa shape index (κ2) is 5.59. The molecule has 0 aromatic heterocycles. The molecule has 1 unspecified atom stereocenters. The molecule has 0 aliphatic heterocycles. The summed E-state index contributed by atoms with van der Waals surface area (Å²) in [5.41, 5.74) is 0. The molecule has 0 spiro atoms. The smallest absolute Gasteiger partial charge is 0.229 e. The monoisotopic (exact) mass is 247 g/mol. The third kappa shape index (κ3) is 4.41. The summed E-state index contributed by atoms with van der Waals surface area (Å²) in [5.74, 6) is 0.408. The molecule has 3 nitrogen and oxygen atoms in total. The SMILES string of the molecule is O=[P+](O)Oc1ccccc1.[Zr]. The molecule has 0 fully saturated rings. The molecule has 0 aliphatic carbocycles. The zero-order valence-corrected chi connectivity index (χ0v) is 8.95. The topological polar surface area (TPSA) is 46.5 Å². The Bertz CT molecular complexity index is 227. The minimum absolute atomic E-state index is 0. The van der Waals surface area contributed by atoms with Crippen LogP contribution in [0.2, 0.25) is 0 Å². The van der Waals surface area contributed by atoms with Gasteiger partial charge in [-0.2, -0.15) is 0 Å². The predicted molar refractivity (Wildman–Crippen MR) is 36.9 cm³/mol. The van der Waals surface area contributed by atoms with E-state index in [0.717, 1.165) is 0 Å². The summed E-state index contributed by atoms with van der Waals surface area (Å²) in [7, 11) is -2.53. The number of hydrogen-bond donors (Lipinski definition) is 1. The Morgan fingerprint density at radius 3 is 2.27 bits per heavy atom. The molecular formula is C6H6O3PZr+. The average Bonchev–Trinajstić information content (AvgIpc) is 1.88. The molecule has 11 heavy (non-hydrogen) atoms. The van der Waals surface area contributed by atoms with Crippen LogP contribution in [0.5, 0.6) is 5.75 Å². The van der Waals surface area contributed by atoms with E-state index in [1.165, 1.54) is 0 Å². The summed E-state index contributed by atoms with van der Waals surface area (Å²) in [6.07, 6.45) is 0. The van der Waals surface area contributed by atoms with Crippen molar-refractivity contribution in [2.45, 2.75) is 0 Å². The molecule has 1 atom stereocenters. The molecule has 0 bridgehead atoms. The Kier molecular flexibility index (Phi) is 5.57. The Balaban J connectivity index is 0.000001000. The van der Waals surface area contributed by atoms with E-state index in [-0.39, 0.29) is 26.2 Å². The van der Waals surface area contributed by atoms with Gasteiger partial charge in [0.25, 0.3) is 0 Å². The first kappa shape index (κ1) is 11.0. The summed E-state index contributed by atoms with van der Waals surface area (Å²) in [6.45, 7) is 0. The van der Waals surface area contributed by atoms with E-state index in [1.807, 2.05) is 0 Å². The molecule has 0 saturated carbocycles. The first-order chi connectivity index (χ1) is 4.79. The van der Waals surface area contributed by atoms with Crippen molar-refractivity contribution in [2.75, 3.05) is 0 Å². The van der Waals surface area contributed by atoms with Gasteiger partial charge in [-0.05, 0) is 12.1 Å². The maximum Gasteiger partial charge on any atom is 0.747 e. The quantitative estimate of drug-likeness (QED) is 0.810. The fraction of sp³-hybridized carbons (Fsp3) is 0. The summed E-state index contributed by atoms with van der Waals surface area (Å²) >= 11 is 0. The van der Waals surface area contributed by atoms with Crippen molar-refractivity contribution in [2.24, 2.45) is 0 Å². The molecule has 1 N–H and O–H groups in total. The van der Waals surface area contributed by atoms with Crippen LogP contribution in [0.3, 0.4) is 0 Å². The molecular weight excluding hydrogens is 242 g/mol. The van der Waals surface area contributed by atoms with Crippen molar-refractivity contribution in [3.8, 4) is 5.75 Å². The Hall–Kier alpha value is -0.0369. The molecule has 0 saturated heterocycles. The molecule has 56 valence electrons. The van der Waals surface area contributed by atoms with Crippen LogP contribution in [0.15, 0.2) is 30.3 Å². The third-order valence-corrected chi connectivity index (χ3v) is 1.29. The first-order valence-electron chi connectivity index (χ1n) is 2.68. The maximum atomic E-state index is 10.1. The maximum absolute atomic E-state index is 10.1. The van der Waals surface area contributed by atoms with Crippen molar-refractivity contribution in [1.29, 1.82) is 0 Å². The van der Waals surface area contributed by atoms with E-state index in [0.29, 0.717) is 5.75 Å². The van der Waals surface area contributed by atoms with Crippen molar-refractivity contribution < 1.29 is 40.2 Å². The van der Waals surface area contributed by atoms with Gasteiger partial charge in [-0.1, -0.05) is 18.2 Å². The molecule has 0 amide bonds. The Morgan fingerprint density at radius 2 is 1.82 bits per heavy atom. The molecule has 1 aromatic carbocycles. The van der Waals surface area contributed by atoms with E-state index >= 15 is 0 Å². The molecule has 1 aromatic rings. The number of hydrogen-bond acceptors (Lipinski definition) is 2. The van der Waals surface area contributed by atoms with Gasteiger partial charge in [0.2, 0.25) is 0 Å².